The van der Waals surface area contributed by atoms with Crippen LogP contribution < -0.4 is 5.32 Å². The number of rotatable bonds is 4. The van der Waals surface area contributed by atoms with E-state index in [9.17, 15) is 4.79 Å². The fourth-order valence-electron chi connectivity index (χ4n) is 3.11. The first-order valence-electron chi connectivity index (χ1n) is 7.94. The number of hydrogen-bond donors (Lipinski definition) is 1. The van der Waals surface area contributed by atoms with E-state index in [0.29, 0.717) is 6.61 Å². The van der Waals surface area contributed by atoms with Gasteiger partial charge >= 0.3 is 0 Å². The van der Waals surface area contributed by atoms with E-state index < -0.39 is 0 Å². The average Bonchev–Trinajstić information content (AvgIpc) is 2.61. The first-order valence-corrected chi connectivity index (χ1v) is 7.94. The van der Waals surface area contributed by atoms with E-state index in [4.69, 9.17) is 4.74 Å². The predicted molar refractivity (Wildman–Crippen MR) is 90.8 cm³/mol. The van der Waals surface area contributed by atoms with Crippen molar-refractivity contribution in [2.45, 2.75) is 25.3 Å². The summed E-state index contributed by atoms with van der Waals surface area (Å²) in [6, 6.07) is 20.3. The van der Waals surface area contributed by atoms with Gasteiger partial charge in [-0.25, -0.2) is 0 Å². The van der Waals surface area contributed by atoms with Crippen molar-refractivity contribution < 1.29 is 9.53 Å². The summed E-state index contributed by atoms with van der Waals surface area (Å²) in [5.41, 5.74) is 3.43. The highest BCUT2D eigenvalue weighted by atomic mass is 16.5. The van der Waals surface area contributed by atoms with Gasteiger partial charge in [-0.3, -0.25) is 4.79 Å². The second-order valence-corrected chi connectivity index (χ2v) is 5.78. The SMILES string of the molecule is CC(=O)N[C@H](C1=COCC[C@H]1c1ccccc1)c1ccccc1. The zero-order valence-electron chi connectivity index (χ0n) is 13.2. The number of carbonyl (C=O) groups is 1. The van der Waals surface area contributed by atoms with Crippen LogP contribution in [0.5, 0.6) is 0 Å². The lowest BCUT2D eigenvalue weighted by Crippen LogP contribution is -2.31. The Morgan fingerprint density at radius 3 is 2.39 bits per heavy atom. The van der Waals surface area contributed by atoms with Crippen molar-refractivity contribution in [3.63, 3.8) is 0 Å². The fourth-order valence-corrected chi connectivity index (χ4v) is 3.11. The Hall–Kier alpha value is -2.55. The van der Waals surface area contributed by atoms with Crippen molar-refractivity contribution in [1.82, 2.24) is 5.32 Å². The van der Waals surface area contributed by atoms with Gasteiger partial charge in [0.05, 0.1) is 18.9 Å². The molecule has 23 heavy (non-hydrogen) atoms. The Morgan fingerprint density at radius 1 is 1.09 bits per heavy atom. The number of nitrogens with one attached hydrogen (secondary N) is 1. The summed E-state index contributed by atoms with van der Waals surface area (Å²) in [5, 5.41) is 3.08. The molecule has 3 heteroatoms. The molecule has 3 nitrogen and oxygen atoms in total. The van der Waals surface area contributed by atoms with Gasteiger partial charge in [-0.15, -0.1) is 0 Å². The maximum Gasteiger partial charge on any atom is 0.217 e. The van der Waals surface area contributed by atoms with E-state index in [1.165, 1.54) is 5.56 Å². The zero-order chi connectivity index (χ0) is 16.1. The molecule has 1 N–H and O–H groups in total. The molecule has 2 atom stereocenters. The van der Waals surface area contributed by atoms with Crippen molar-refractivity contribution in [1.29, 1.82) is 0 Å². The molecule has 0 radical (unpaired) electrons. The summed E-state index contributed by atoms with van der Waals surface area (Å²) < 4.78 is 5.60. The summed E-state index contributed by atoms with van der Waals surface area (Å²) in [6.45, 7) is 2.25. The topological polar surface area (TPSA) is 38.3 Å². The van der Waals surface area contributed by atoms with Crippen LogP contribution in [0.3, 0.4) is 0 Å². The lowest BCUT2D eigenvalue weighted by Gasteiger charge is -2.31. The van der Waals surface area contributed by atoms with E-state index in [1.807, 2.05) is 42.7 Å². The fraction of sp³-hybridized carbons (Fsp3) is 0.250. The van der Waals surface area contributed by atoms with Gasteiger partial charge in [-0.05, 0) is 23.1 Å². The van der Waals surface area contributed by atoms with Crippen LogP contribution in [0.4, 0.5) is 0 Å². The third-order valence-corrected chi connectivity index (χ3v) is 4.16. The van der Waals surface area contributed by atoms with E-state index in [-0.39, 0.29) is 17.9 Å². The summed E-state index contributed by atoms with van der Waals surface area (Å²) in [6.07, 6.45) is 2.74. The Balaban J connectivity index is 1.99. The molecule has 1 heterocycles. The predicted octanol–water partition coefficient (Wildman–Crippen LogP) is 3.95. The van der Waals surface area contributed by atoms with Crippen LogP contribution in [0, 0.1) is 0 Å². The molecule has 1 aliphatic rings. The molecular weight excluding hydrogens is 286 g/mol. The van der Waals surface area contributed by atoms with E-state index in [0.717, 1.165) is 17.6 Å². The molecular formula is C20H21NO2. The molecule has 0 aromatic heterocycles. The molecule has 0 saturated heterocycles. The highest BCUT2D eigenvalue weighted by Gasteiger charge is 2.28. The van der Waals surface area contributed by atoms with Crippen molar-refractivity contribution in [3.8, 4) is 0 Å². The van der Waals surface area contributed by atoms with Gasteiger partial charge in [0.25, 0.3) is 0 Å². The Bertz CT molecular complexity index is 679. The number of amides is 1. The molecule has 0 spiro atoms. The largest absolute Gasteiger partial charge is 0.501 e. The molecule has 0 fully saturated rings. The highest BCUT2D eigenvalue weighted by molar-refractivity contribution is 5.74. The first kappa shape index (κ1) is 15.3. The molecule has 1 amide bonds. The summed E-state index contributed by atoms with van der Waals surface area (Å²) in [4.78, 5) is 11.7. The van der Waals surface area contributed by atoms with Gasteiger partial charge in [0.15, 0.2) is 0 Å². The monoisotopic (exact) mass is 307 g/mol. The minimum atomic E-state index is -0.167. The van der Waals surface area contributed by atoms with E-state index in [2.05, 4.69) is 29.6 Å². The van der Waals surface area contributed by atoms with Crippen LogP contribution >= 0.6 is 0 Å². The molecule has 1 aliphatic heterocycles. The molecule has 0 saturated carbocycles. The molecule has 2 aromatic rings. The number of benzene rings is 2. The molecule has 0 aliphatic carbocycles. The minimum Gasteiger partial charge on any atom is -0.501 e. The molecule has 2 aromatic carbocycles. The second-order valence-electron chi connectivity index (χ2n) is 5.78. The maximum absolute atomic E-state index is 11.7. The Labute approximate surface area is 137 Å². The lowest BCUT2D eigenvalue weighted by atomic mass is 9.82. The van der Waals surface area contributed by atoms with Crippen LogP contribution in [0.15, 0.2) is 72.5 Å². The lowest BCUT2D eigenvalue weighted by molar-refractivity contribution is -0.119. The highest BCUT2D eigenvalue weighted by Crippen LogP contribution is 2.38. The third-order valence-electron chi connectivity index (χ3n) is 4.16. The summed E-state index contributed by atoms with van der Waals surface area (Å²) in [5.74, 6) is 0.208. The van der Waals surface area contributed by atoms with Gasteiger partial charge in [0, 0.05) is 12.8 Å². The van der Waals surface area contributed by atoms with Gasteiger partial charge in [-0.1, -0.05) is 60.7 Å². The standard InChI is InChI=1S/C20H21NO2/c1-15(22)21-20(17-10-6-3-7-11-17)19-14-23-13-12-18(19)16-8-4-2-5-9-16/h2-11,14,18,20H,12-13H2,1H3,(H,21,22)/t18-,20-/m0/s1. The Kier molecular flexibility index (Phi) is 4.77. The molecule has 3 rings (SSSR count). The van der Waals surface area contributed by atoms with Gasteiger partial charge in [0.2, 0.25) is 5.91 Å². The Morgan fingerprint density at radius 2 is 1.74 bits per heavy atom. The van der Waals surface area contributed by atoms with E-state index in [1.54, 1.807) is 6.92 Å². The first-order chi connectivity index (χ1) is 11.3. The van der Waals surface area contributed by atoms with Gasteiger partial charge < -0.3 is 10.1 Å². The third kappa shape index (κ3) is 3.62. The number of carbonyl (C=O) groups excluding carboxylic acids is 1. The van der Waals surface area contributed by atoms with Crippen LogP contribution in [0.2, 0.25) is 0 Å². The minimum absolute atomic E-state index is 0.0443. The zero-order valence-corrected chi connectivity index (χ0v) is 13.2. The quantitative estimate of drug-likeness (QED) is 0.928. The van der Waals surface area contributed by atoms with Gasteiger partial charge in [0.1, 0.15) is 0 Å². The second kappa shape index (κ2) is 7.14. The number of ether oxygens (including phenoxy) is 1. The summed E-state index contributed by atoms with van der Waals surface area (Å²) >= 11 is 0. The van der Waals surface area contributed by atoms with Crippen LogP contribution in [0.25, 0.3) is 0 Å². The number of hydrogen-bond acceptors (Lipinski definition) is 2. The molecule has 0 unspecified atom stereocenters. The normalized spacial score (nSPS) is 18.5. The van der Waals surface area contributed by atoms with Crippen molar-refractivity contribution in [3.05, 3.63) is 83.6 Å². The van der Waals surface area contributed by atoms with Crippen molar-refractivity contribution in [2.75, 3.05) is 6.61 Å². The van der Waals surface area contributed by atoms with Crippen LogP contribution in [-0.2, 0) is 9.53 Å². The van der Waals surface area contributed by atoms with Gasteiger partial charge in [-0.2, -0.15) is 0 Å². The van der Waals surface area contributed by atoms with Crippen LogP contribution in [-0.4, -0.2) is 12.5 Å². The average molecular weight is 307 g/mol. The van der Waals surface area contributed by atoms with Crippen molar-refractivity contribution in [2.24, 2.45) is 0 Å². The smallest absolute Gasteiger partial charge is 0.217 e. The van der Waals surface area contributed by atoms with E-state index >= 15 is 0 Å². The molecule has 0 bridgehead atoms. The van der Waals surface area contributed by atoms with Crippen molar-refractivity contribution >= 4 is 5.91 Å². The molecule has 118 valence electrons. The summed E-state index contributed by atoms with van der Waals surface area (Å²) in [7, 11) is 0. The maximum atomic E-state index is 11.7. The van der Waals surface area contributed by atoms with Crippen LogP contribution in [0.1, 0.15) is 36.4 Å².